The molecule has 2 rings (SSSR count). The van der Waals surface area contributed by atoms with E-state index in [4.69, 9.17) is 0 Å². The van der Waals surface area contributed by atoms with E-state index in [0.717, 1.165) is 11.1 Å². The molecule has 0 fully saturated rings. The van der Waals surface area contributed by atoms with Gasteiger partial charge >= 0.3 is 11.9 Å². The lowest BCUT2D eigenvalue weighted by molar-refractivity contribution is -0.115. The Labute approximate surface area is 145 Å². The zero-order valence-electron chi connectivity index (χ0n) is 14.3. The number of amides is 1. The van der Waals surface area contributed by atoms with Gasteiger partial charge in [0, 0.05) is 5.69 Å². The second-order valence-corrected chi connectivity index (χ2v) is 5.43. The normalized spacial score (nSPS) is 10.0. The van der Waals surface area contributed by atoms with Gasteiger partial charge in [0.15, 0.2) is 0 Å². The molecular weight excluding hydrogens is 322 g/mol. The van der Waals surface area contributed by atoms with Crippen LogP contribution in [0, 0.1) is 6.92 Å². The SMILES string of the molecule is COC(=O)c1cc(NC(=O)Cc2ccccc2C)cc(C(=O)OC)c1. The van der Waals surface area contributed by atoms with Crippen molar-refractivity contribution in [1.29, 1.82) is 0 Å². The van der Waals surface area contributed by atoms with Crippen LogP contribution >= 0.6 is 0 Å². The molecule has 0 unspecified atom stereocenters. The van der Waals surface area contributed by atoms with Crippen molar-refractivity contribution in [3.8, 4) is 0 Å². The number of hydrogen-bond acceptors (Lipinski definition) is 5. The molecule has 0 atom stereocenters. The van der Waals surface area contributed by atoms with Gasteiger partial charge in [0.05, 0.1) is 31.8 Å². The van der Waals surface area contributed by atoms with Crippen LogP contribution in [0.5, 0.6) is 0 Å². The maximum absolute atomic E-state index is 12.3. The molecule has 0 spiro atoms. The van der Waals surface area contributed by atoms with Crippen LogP contribution in [-0.4, -0.2) is 32.1 Å². The summed E-state index contributed by atoms with van der Waals surface area (Å²) in [6.45, 7) is 1.93. The zero-order valence-corrected chi connectivity index (χ0v) is 14.3. The van der Waals surface area contributed by atoms with E-state index in [1.807, 2.05) is 31.2 Å². The maximum atomic E-state index is 12.3. The molecule has 6 nitrogen and oxygen atoms in total. The predicted molar refractivity (Wildman–Crippen MR) is 92.6 cm³/mol. The Balaban J connectivity index is 2.25. The van der Waals surface area contributed by atoms with Crippen LogP contribution in [0.15, 0.2) is 42.5 Å². The third-order valence-electron chi connectivity index (χ3n) is 3.67. The number of hydrogen-bond donors (Lipinski definition) is 1. The Hall–Kier alpha value is -3.15. The molecule has 0 bridgehead atoms. The summed E-state index contributed by atoms with van der Waals surface area (Å²) in [7, 11) is 2.48. The van der Waals surface area contributed by atoms with Crippen LogP contribution in [-0.2, 0) is 20.7 Å². The van der Waals surface area contributed by atoms with Crippen molar-refractivity contribution < 1.29 is 23.9 Å². The molecule has 1 N–H and O–H groups in total. The van der Waals surface area contributed by atoms with E-state index in [1.165, 1.54) is 32.4 Å². The standard InChI is InChI=1S/C19H19NO5/c1-12-6-4-5-7-13(12)11-17(21)20-16-9-14(18(22)24-2)8-15(10-16)19(23)25-3/h4-10H,11H2,1-3H3,(H,20,21). The second-order valence-electron chi connectivity index (χ2n) is 5.43. The third kappa shape index (κ3) is 4.67. The first-order valence-corrected chi connectivity index (χ1v) is 7.60. The van der Waals surface area contributed by atoms with Crippen molar-refractivity contribution >= 4 is 23.5 Å². The highest BCUT2D eigenvalue weighted by atomic mass is 16.5. The maximum Gasteiger partial charge on any atom is 0.337 e. The Kier molecular flexibility index (Phi) is 5.89. The lowest BCUT2D eigenvalue weighted by atomic mass is 10.1. The molecule has 0 heterocycles. The molecule has 0 saturated carbocycles. The molecule has 1 amide bonds. The molecule has 130 valence electrons. The van der Waals surface area contributed by atoms with E-state index in [0.29, 0.717) is 5.69 Å². The highest BCUT2D eigenvalue weighted by molar-refractivity contribution is 5.99. The van der Waals surface area contributed by atoms with Crippen LogP contribution < -0.4 is 5.32 Å². The third-order valence-corrected chi connectivity index (χ3v) is 3.67. The van der Waals surface area contributed by atoms with E-state index >= 15 is 0 Å². The van der Waals surface area contributed by atoms with Gasteiger partial charge in [-0.3, -0.25) is 4.79 Å². The first-order chi connectivity index (χ1) is 11.9. The van der Waals surface area contributed by atoms with Crippen molar-refractivity contribution in [2.24, 2.45) is 0 Å². The summed E-state index contributed by atoms with van der Waals surface area (Å²) in [5.74, 6) is -1.48. The molecule has 6 heteroatoms. The smallest absolute Gasteiger partial charge is 0.337 e. The Morgan fingerprint density at radius 2 is 1.48 bits per heavy atom. The van der Waals surface area contributed by atoms with Crippen LogP contribution in [0.4, 0.5) is 5.69 Å². The molecule has 2 aromatic carbocycles. The van der Waals surface area contributed by atoms with Gasteiger partial charge in [-0.1, -0.05) is 24.3 Å². The summed E-state index contributed by atoms with van der Waals surface area (Å²) >= 11 is 0. The quantitative estimate of drug-likeness (QED) is 0.846. The fraction of sp³-hybridized carbons (Fsp3) is 0.211. The van der Waals surface area contributed by atoms with Crippen molar-refractivity contribution in [3.05, 3.63) is 64.7 Å². The molecule has 25 heavy (non-hydrogen) atoms. The average molecular weight is 341 g/mol. The number of aryl methyl sites for hydroxylation is 1. The fourth-order valence-electron chi connectivity index (χ4n) is 2.36. The van der Waals surface area contributed by atoms with E-state index in [1.54, 1.807) is 0 Å². The van der Waals surface area contributed by atoms with Gasteiger partial charge in [-0.05, 0) is 36.2 Å². The highest BCUT2D eigenvalue weighted by Gasteiger charge is 2.15. The Morgan fingerprint density at radius 1 is 0.920 bits per heavy atom. The number of rotatable bonds is 5. The highest BCUT2D eigenvalue weighted by Crippen LogP contribution is 2.18. The Bertz CT molecular complexity index is 779. The monoisotopic (exact) mass is 341 g/mol. The minimum Gasteiger partial charge on any atom is -0.465 e. The number of carbonyl (C=O) groups excluding carboxylic acids is 3. The number of benzene rings is 2. The minimum absolute atomic E-state index is 0.150. The van der Waals surface area contributed by atoms with Gasteiger partial charge in [0.1, 0.15) is 0 Å². The Morgan fingerprint density at radius 3 is 2.00 bits per heavy atom. The van der Waals surface area contributed by atoms with Crippen LogP contribution in [0.2, 0.25) is 0 Å². The predicted octanol–water partition coefficient (Wildman–Crippen LogP) is 2.75. The van der Waals surface area contributed by atoms with Crippen LogP contribution in [0.25, 0.3) is 0 Å². The van der Waals surface area contributed by atoms with E-state index in [9.17, 15) is 14.4 Å². The number of anilines is 1. The summed E-state index contributed by atoms with van der Waals surface area (Å²) in [5, 5.41) is 2.70. The molecule has 2 aromatic rings. The molecule has 0 saturated heterocycles. The molecule has 0 aromatic heterocycles. The average Bonchev–Trinajstić information content (AvgIpc) is 2.61. The summed E-state index contributed by atoms with van der Waals surface area (Å²) < 4.78 is 9.34. The molecule has 0 radical (unpaired) electrons. The van der Waals surface area contributed by atoms with E-state index in [-0.39, 0.29) is 23.5 Å². The van der Waals surface area contributed by atoms with Crippen molar-refractivity contribution in [1.82, 2.24) is 0 Å². The molecule has 0 aliphatic rings. The molecular formula is C19H19NO5. The van der Waals surface area contributed by atoms with Gasteiger partial charge in [0.2, 0.25) is 5.91 Å². The fourth-order valence-corrected chi connectivity index (χ4v) is 2.36. The summed E-state index contributed by atoms with van der Waals surface area (Å²) in [6, 6.07) is 11.8. The summed E-state index contributed by atoms with van der Waals surface area (Å²) in [5.41, 5.74) is 2.53. The molecule has 0 aliphatic heterocycles. The lowest BCUT2D eigenvalue weighted by Crippen LogP contribution is -2.16. The topological polar surface area (TPSA) is 81.7 Å². The van der Waals surface area contributed by atoms with Crippen molar-refractivity contribution in [3.63, 3.8) is 0 Å². The van der Waals surface area contributed by atoms with Crippen LogP contribution in [0.3, 0.4) is 0 Å². The first-order valence-electron chi connectivity index (χ1n) is 7.60. The van der Waals surface area contributed by atoms with Gasteiger partial charge in [0.25, 0.3) is 0 Å². The van der Waals surface area contributed by atoms with Gasteiger partial charge in [-0.2, -0.15) is 0 Å². The zero-order chi connectivity index (χ0) is 18.4. The number of esters is 2. The summed E-state index contributed by atoms with van der Waals surface area (Å²) in [4.78, 5) is 35.8. The second kappa shape index (κ2) is 8.10. The number of nitrogens with one attached hydrogen (secondary N) is 1. The van der Waals surface area contributed by atoms with Crippen LogP contribution in [0.1, 0.15) is 31.8 Å². The number of ether oxygens (including phenoxy) is 2. The number of carbonyl (C=O) groups is 3. The van der Waals surface area contributed by atoms with E-state index in [2.05, 4.69) is 14.8 Å². The number of methoxy groups -OCH3 is 2. The van der Waals surface area contributed by atoms with Gasteiger partial charge in [-0.25, -0.2) is 9.59 Å². The van der Waals surface area contributed by atoms with E-state index < -0.39 is 11.9 Å². The largest absolute Gasteiger partial charge is 0.465 e. The van der Waals surface area contributed by atoms with Crippen molar-refractivity contribution in [2.75, 3.05) is 19.5 Å². The van der Waals surface area contributed by atoms with Gasteiger partial charge < -0.3 is 14.8 Å². The first kappa shape index (κ1) is 18.2. The summed E-state index contributed by atoms with van der Waals surface area (Å²) in [6.07, 6.45) is 0.183. The van der Waals surface area contributed by atoms with Gasteiger partial charge in [-0.15, -0.1) is 0 Å². The van der Waals surface area contributed by atoms with Crippen molar-refractivity contribution in [2.45, 2.75) is 13.3 Å². The lowest BCUT2D eigenvalue weighted by Gasteiger charge is -2.10. The molecule has 0 aliphatic carbocycles. The minimum atomic E-state index is -0.611.